The van der Waals surface area contributed by atoms with E-state index in [9.17, 15) is 14.0 Å². The summed E-state index contributed by atoms with van der Waals surface area (Å²) in [6.45, 7) is 0. The normalized spacial score (nSPS) is 18.9. The Balaban J connectivity index is 1.72. The summed E-state index contributed by atoms with van der Waals surface area (Å²) >= 11 is 0. The second-order valence-corrected chi connectivity index (χ2v) is 6.77. The molecule has 1 aliphatic carbocycles. The number of amides is 2. The number of carbonyl (C=O) groups is 2. The van der Waals surface area contributed by atoms with Crippen LogP contribution in [0.5, 0.6) is 5.75 Å². The molecule has 0 saturated heterocycles. The molecule has 0 bridgehead atoms. The molecule has 0 aliphatic heterocycles. The van der Waals surface area contributed by atoms with Crippen LogP contribution >= 0.6 is 0 Å². The van der Waals surface area contributed by atoms with Gasteiger partial charge in [0.05, 0.1) is 7.11 Å². The van der Waals surface area contributed by atoms with Crippen molar-refractivity contribution in [1.29, 1.82) is 0 Å². The monoisotopic (exact) mass is 387 g/mol. The number of nitrogens with one attached hydrogen (secondary N) is 2. The first-order valence-electron chi connectivity index (χ1n) is 9.06. The molecule has 8 heteroatoms. The largest absolute Gasteiger partial charge is 0.496 e. The van der Waals surface area contributed by atoms with Crippen molar-refractivity contribution in [3.05, 3.63) is 42.3 Å². The number of aromatic nitrogens is 1. The van der Waals surface area contributed by atoms with Crippen LogP contribution < -0.4 is 15.4 Å². The third-order valence-electron chi connectivity index (χ3n) is 4.86. The summed E-state index contributed by atoms with van der Waals surface area (Å²) in [5.41, 5.74) is 1.42. The van der Waals surface area contributed by atoms with Gasteiger partial charge >= 0.3 is 6.09 Å². The molecule has 1 fully saturated rings. The van der Waals surface area contributed by atoms with Crippen molar-refractivity contribution in [2.75, 3.05) is 12.4 Å². The van der Waals surface area contributed by atoms with Crippen LogP contribution in [0.1, 0.15) is 25.7 Å². The predicted octanol–water partition coefficient (Wildman–Crippen LogP) is 3.66. The number of hydrogen-bond donors (Lipinski definition) is 3. The van der Waals surface area contributed by atoms with E-state index in [0.717, 1.165) is 18.4 Å². The standard InChI is InChI=1S/C20H22FN3O4/c1-28-17-11-14(21)5-6-16(17)12-7-8-22-18(10-12)24-19(25)13-3-2-4-15(9-13)23-20(26)27/h5-8,10-11,13,15,23H,2-4,9H2,1H3,(H,26,27)(H,22,24,25)/t13-,15+/m1/s1. The zero-order chi connectivity index (χ0) is 20.1. The lowest BCUT2D eigenvalue weighted by molar-refractivity contribution is -0.121. The first kappa shape index (κ1) is 19.6. The van der Waals surface area contributed by atoms with Crippen LogP contribution in [-0.4, -0.2) is 35.2 Å². The Morgan fingerprint density at radius 1 is 1.25 bits per heavy atom. The van der Waals surface area contributed by atoms with E-state index >= 15 is 0 Å². The van der Waals surface area contributed by atoms with Crippen molar-refractivity contribution in [3.8, 4) is 16.9 Å². The number of pyridine rings is 1. The Morgan fingerprint density at radius 2 is 2.07 bits per heavy atom. The van der Waals surface area contributed by atoms with Gasteiger partial charge in [0.25, 0.3) is 0 Å². The van der Waals surface area contributed by atoms with E-state index < -0.39 is 11.9 Å². The molecule has 1 heterocycles. The zero-order valence-electron chi connectivity index (χ0n) is 15.4. The first-order valence-corrected chi connectivity index (χ1v) is 9.06. The highest BCUT2D eigenvalue weighted by atomic mass is 19.1. The van der Waals surface area contributed by atoms with Crippen molar-refractivity contribution < 1.29 is 23.8 Å². The average Bonchev–Trinajstić information content (AvgIpc) is 2.67. The van der Waals surface area contributed by atoms with E-state index in [1.54, 1.807) is 24.4 Å². The smallest absolute Gasteiger partial charge is 0.404 e. The summed E-state index contributed by atoms with van der Waals surface area (Å²) in [5.74, 6) is -0.102. The summed E-state index contributed by atoms with van der Waals surface area (Å²) in [5, 5.41) is 14.1. The van der Waals surface area contributed by atoms with E-state index in [1.165, 1.54) is 19.2 Å². The minimum atomic E-state index is -1.08. The second-order valence-electron chi connectivity index (χ2n) is 6.77. The van der Waals surface area contributed by atoms with E-state index in [1.807, 2.05) is 0 Å². The van der Waals surface area contributed by atoms with E-state index in [0.29, 0.717) is 30.0 Å². The fraction of sp³-hybridized carbons (Fsp3) is 0.350. The van der Waals surface area contributed by atoms with Crippen molar-refractivity contribution in [1.82, 2.24) is 10.3 Å². The number of halogens is 1. The van der Waals surface area contributed by atoms with Gasteiger partial charge in [-0.15, -0.1) is 0 Å². The lowest BCUT2D eigenvalue weighted by atomic mass is 9.85. The van der Waals surface area contributed by atoms with Gasteiger partial charge in [0.15, 0.2) is 0 Å². The van der Waals surface area contributed by atoms with Gasteiger partial charge in [0.2, 0.25) is 5.91 Å². The number of benzene rings is 1. The molecule has 7 nitrogen and oxygen atoms in total. The van der Waals surface area contributed by atoms with Gasteiger partial charge in [0, 0.05) is 29.8 Å². The van der Waals surface area contributed by atoms with Crippen molar-refractivity contribution >= 4 is 17.8 Å². The van der Waals surface area contributed by atoms with Gasteiger partial charge in [-0.1, -0.05) is 6.42 Å². The van der Waals surface area contributed by atoms with Crippen LogP contribution in [0.2, 0.25) is 0 Å². The molecule has 28 heavy (non-hydrogen) atoms. The molecule has 2 amide bonds. The van der Waals surface area contributed by atoms with Gasteiger partial charge in [-0.25, -0.2) is 14.2 Å². The highest BCUT2D eigenvalue weighted by Crippen LogP contribution is 2.32. The lowest BCUT2D eigenvalue weighted by Gasteiger charge is -2.28. The third-order valence-corrected chi connectivity index (χ3v) is 4.86. The number of ether oxygens (including phenoxy) is 1. The van der Waals surface area contributed by atoms with Gasteiger partial charge in [-0.2, -0.15) is 0 Å². The fourth-order valence-corrected chi connectivity index (χ4v) is 3.53. The van der Waals surface area contributed by atoms with E-state index in [2.05, 4.69) is 15.6 Å². The Labute approximate surface area is 161 Å². The fourth-order valence-electron chi connectivity index (χ4n) is 3.53. The third kappa shape index (κ3) is 4.76. The number of carbonyl (C=O) groups excluding carboxylic acids is 1. The van der Waals surface area contributed by atoms with Crippen LogP contribution in [0.15, 0.2) is 36.5 Å². The molecule has 1 aromatic carbocycles. The molecule has 0 spiro atoms. The summed E-state index contributed by atoms with van der Waals surface area (Å²) in [6, 6.07) is 7.48. The molecule has 2 atom stereocenters. The molecule has 0 unspecified atom stereocenters. The number of methoxy groups -OCH3 is 1. The molecular formula is C20H22FN3O4. The number of nitrogens with zero attached hydrogens (tertiary/aromatic N) is 1. The molecule has 3 rings (SSSR count). The first-order chi connectivity index (χ1) is 13.5. The lowest BCUT2D eigenvalue weighted by Crippen LogP contribution is -2.40. The molecule has 1 aliphatic rings. The Hall–Kier alpha value is -3.16. The summed E-state index contributed by atoms with van der Waals surface area (Å²) in [7, 11) is 1.47. The second kappa shape index (κ2) is 8.69. The highest BCUT2D eigenvalue weighted by molar-refractivity contribution is 5.92. The van der Waals surface area contributed by atoms with Crippen molar-refractivity contribution in [3.63, 3.8) is 0 Å². The summed E-state index contributed by atoms with van der Waals surface area (Å²) in [4.78, 5) is 27.6. The topological polar surface area (TPSA) is 101 Å². The van der Waals surface area contributed by atoms with Crippen LogP contribution in [0, 0.1) is 11.7 Å². The highest BCUT2D eigenvalue weighted by Gasteiger charge is 2.28. The van der Waals surface area contributed by atoms with Crippen LogP contribution in [-0.2, 0) is 4.79 Å². The molecular weight excluding hydrogens is 365 g/mol. The molecule has 1 aromatic heterocycles. The molecule has 1 saturated carbocycles. The van der Waals surface area contributed by atoms with Crippen LogP contribution in [0.3, 0.4) is 0 Å². The SMILES string of the molecule is COc1cc(F)ccc1-c1ccnc(NC(=O)[C@@H]2CCC[C@H](NC(=O)O)C2)c1. The molecule has 2 aromatic rings. The maximum absolute atomic E-state index is 13.4. The van der Waals surface area contributed by atoms with Crippen LogP contribution in [0.4, 0.5) is 15.0 Å². The van der Waals surface area contributed by atoms with E-state index in [-0.39, 0.29) is 17.9 Å². The Bertz CT molecular complexity index is 874. The minimum Gasteiger partial charge on any atom is -0.496 e. The Kier molecular flexibility index (Phi) is 6.08. The maximum atomic E-state index is 13.4. The van der Waals surface area contributed by atoms with Gasteiger partial charge in [0.1, 0.15) is 17.4 Å². The van der Waals surface area contributed by atoms with Gasteiger partial charge < -0.3 is 20.5 Å². The quantitative estimate of drug-likeness (QED) is 0.727. The summed E-state index contributed by atoms with van der Waals surface area (Å²) < 4.78 is 18.7. The molecule has 148 valence electrons. The number of rotatable bonds is 5. The van der Waals surface area contributed by atoms with Gasteiger partial charge in [-0.3, -0.25) is 4.79 Å². The van der Waals surface area contributed by atoms with Crippen molar-refractivity contribution in [2.45, 2.75) is 31.7 Å². The molecule has 3 N–H and O–H groups in total. The minimum absolute atomic E-state index is 0.187. The maximum Gasteiger partial charge on any atom is 0.404 e. The molecule has 0 radical (unpaired) electrons. The van der Waals surface area contributed by atoms with Crippen molar-refractivity contribution in [2.24, 2.45) is 5.92 Å². The number of hydrogen-bond acceptors (Lipinski definition) is 4. The average molecular weight is 387 g/mol. The predicted molar refractivity (Wildman–Crippen MR) is 102 cm³/mol. The Morgan fingerprint density at radius 3 is 2.82 bits per heavy atom. The zero-order valence-corrected chi connectivity index (χ0v) is 15.4. The number of carboxylic acid groups (broad SMARTS) is 1. The number of anilines is 1. The van der Waals surface area contributed by atoms with Gasteiger partial charge in [-0.05, 0) is 49.1 Å². The van der Waals surface area contributed by atoms with E-state index in [4.69, 9.17) is 9.84 Å². The summed E-state index contributed by atoms with van der Waals surface area (Å²) in [6.07, 6.45) is 3.16. The van der Waals surface area contributed by atoms with Crippen LogP contribution in [0.25, 0.3) is 11.1 Å².